The molecule has 0 spiro atoms. The van der Waals surface area contributed by atoms with Crippen molar-refractivity contribution >= 4 is 46.0 Å². The molecule has 2 aromatic carbocycles. The molecule has 27 heavy (non-hydrogen) atoms. The standard InChI is InChI=1S/C19H19ClN4O2S/c1-13-3-7-15(8-4-13)21-17(25)12-27-19-22-18(11-24(2)23-19)26-16-9-5-14(20)6-10-16/h3-10H,11-12H2,1-2H3,(H,21,25). The molecule has 0 aromatic heterocycles. The van der Waals surface area contributed by atoms with Crippen molar-refractivity contribution in [3.8, 4) is 5.75 Å². The van der Waals surface area contributed by atoms with Crippen molar-refractivity contribution < 1.29 is 9.53 Å². The largest absolute Gasteiger partial charge is 0.441 e. The van der Waals surface area contributed by atoms with Crippen LogP contribution >= 0.6 is 23.4 Å². The van der Waals surface area contributed by atoms with Gasteiger partial charge in [0, 0.05) is 17.8 Å². The maximum atomic E-state index is 12.1. The molecule has 0 atom stereocenters. The molecule has 0 aliphatic carbocycles. The Balaban J connectivity index is 1.56. The topological polar surface area (TPSA) is 66.3 Å². The number of amides is 1. The first-order valence-electron chi connectivity index (χ1n) is 8.28. The monoisotopic (exact) mass is 402 g/mol. The number of ether oxygens (including phenoxy) is 1. The van der Waals surface area contributed by atoms with Crippen LogP contribution in [-0.2, 0) is 4.79 Å². The van der Waals surface area contributed by atoms with E-state index in [1.54, 1.807) is 29.3 Å². The Kier molecular flexibility index (Phi) is 6.36. The van der Waals surface area contributed by atoms with Gasteiger partial charge in [0.2, 0.25) is 17.0 Å². The molecule has 0 unspecified atom stereocenters. The summed E-state index contributed by atoms with van der Waals surface area (Å²) in [6.45, 7) is 2.45. The predicted octanol–water partition coefficient (Wildman–Crippen LogP) is 4.01. The van der Waals surface area contributed by atoms with E-state index in [0.29, 0.717) is 28.4 Å². The van der Waals surface area contributed by atoms with Gasteiger partial charge in [-0.15, -0.1) is 5.10 Å². The highest BCUT2D eigenvalue weighted by molar-refractivity contribution is 8.14. The van der Waals surface area contributed by atoms with Crippen molar-refractivity contribution in [2.24, 2.45) is 10.1 Å². The maximum Gasteiger partial charge on any atom is 0.234 e. The number of thioether (sulfide) groups is 1. The number of aryl methyl sites for hydroxylation is 1. The summed E-state index contributed by atoms with van der Waals surface area (Å²) in [7, 11) is 1.83. The zero-order valence-electron chi connectivity index (χ0n) is 15.0. The maximum absolute atomic E-state index is 12.1. The van der Waals surface area contributed by atoms with E-state index in [-0.39, 0.29) is 11.7 Å². The molecule has 1 amide bonds. The van der Waals surface area contributed by atoms with Crippen LogP contribution in [0.4, 0.5) is 5.69 Å². The van der Waals surface area contributed by atoms with E-state index in [0.717, 1.165) is 11.3 Å². The number of anilines is 1. The molecule has 3 rings (SSSR count). The van der Waals surface area contributed by atoms with Crippen molar-refractivity contribution in [3.05, 3.63) is 59.1 Å². The Morgan fingerprint density at radius 3 is 2.63 bits per heavy atom. The number of rotatable bonds is 4. The molecule has 8 heteroatoms. The number of amidine groups is 1. The SMILES string of the molecule is Cc1ccc(NC(=O)CSC2=NN(C)CC(Oc3ccc(Cl)cc3)=N2)cc1. The molecule has 1 aliphatic heterocycles. The molecule has 0 radical (unpaired) electrons. The van der Waals surface area contributed by atoms with Gasteiger partial charge < -0.3 is 10.1 Å². The van der Waals surface area contributed by atoms with Crippen LogP contribution in [-0.4, -0.2) is 41.3 Å². The number of carbonyl (C=O) groups excluding carboxylic acids is 1. The van der Waals surface area contributed by atoms with E-state index < -0.39 is 0 Å². The molecule has 0 fully saturated rings. The lowest BCUT2D eigenvalue weighted by Gasteiger charge is -2.20. The zero-order valence-corrected chi connectivity index (χ0v) is 16.5. The minimum Gasteiger partial charge on any atom is -0.441 e. The van der Waals surface area contributed by atoms with Crippen LogP contribution in [0.3, 0.4) is 0 Å². The number of nitrogens with zero attached hydrogens (tertiary/aromatic N) is 3. The highest BCUT2D eigenvalue weighted by atomic mass is 35.5. The number of carbonyl (C=O) groups is 1. The smallest absolute Gasteiger partial charge is 0.234 e. The Labute approximate surface area is 167 Å². The zero-order chi connectivity index (χ0) is 19.2. The Morgan fingerprint density at radius 2 is 1.93 bits per heavy atom. The first kappa shape index (κ1) is 19.3. The van der Waals surface area contributed by atoms with Crippen molar-refractivity contribution in [2.75, 3.05) is 24.7 Å². The Morgan fingerprint density at radius 1 is 1.22 bits per heavy atom. The second-order valence-corrected chi connectivity index (χ2v) is 7.34. The number of likely N-dealkylation sites (N-methyl/N-ethyl adjacent to an activating group) is 1. The first-order valence-corrected chi connectivity index (χ1v) is 9.64. The fourth-order valence-electron chi connectivity index (χ4n) is 2.26. The Bertz CT molecular complexity index is 866. The van der Waals surface area contributed by atoms with Gasteiger partial charge in [-0.1, -0.05) is 41.1 Å². The number of hydrazone groups is 1. The van der Waals surface area contributed by atoms with Crippen molar-refractivity contribution in [1.82, 2.24) is 5.01 Å². The second kappa shape index (κ2) is 8.92. The molecule has 0 bridgehead atoms. The van der Waals surface area contributed by atoms with Crippen LogP contribution in [0.5, 0.6) is 5.75 Å². The van der Waals surface area contributed by atoms with Gasteiger partial charge in [-0.2, -0.15) is 4.99 Å². The molecule has 6 nitrogen and oxygen atoms in total. The van der Waals surface area contributed by atoms with E-state index in [9.17, 15) is 4.79 Å². The summed E-state index contributed by atoms with van der Waals surface area (Å²) in [5, 5.41) is 10.0. The second-order valence-electron chi connectivity index (χ2n) is 5.96. The van der Waals surface area contributed by atoms with E-state index >= 15 is 0 Å². The fourth-order valence-corrected chi connectivity index (χ4v) is 3.08. The molecule has 1 heterocycles. The van der Waals surface area contributed by atoms with E-state index in [1.165, 1.54) is 11.8 Å². The molecule has 140 valence electrons. The van der Waals surface area contributed by atoms with Crippen molar-refractivity contribution in [2.45, 2.75) is 6.92 Å². The number of hydrogen-bond acceptors (Lipinski definition) is 6. The summed E-state index contributed by atoms with van der Waals surface area (Å²) in [5.41, 5.74) is 1.91. The van der Waals surface area contributed by atoms with Crippen molar-refractivity contribution in [3.63, 3.8) is 0 Å². The fraction of sp³-hybridized carbons (Fsp3) is 0.211. The average Bonchev–Trinajstić information content (AvgIpc) is 2.63. The molecular weight excluding hydrogens is 384 g/mol. The van der Waals surface area contributed by atoms with Crippen molar-refractivity contribution in [1.29, 1.82) is 0 Å². The van der Waals surface area contributed by atoms with Crippen LogP contribution in [0.25, 0.3) is 0 Å². The number of nitrogens with one attached hydrogen (secondary N) is 1. The van der Waals surface area contributed by atoms with Gasteiger partial charge in [0.15, 0.2) is 0 Å². The molecule has 1 N–H and O–H groups in total. The number of aliphatic imine (C=N–C) groups is 1. The van der Waals surface area contributed by atoms with Crippen LogP contribution in [0.1, 0.15) is 5.56 Å². The Hall–Kier alpha value is -2.51. The summed E-state index contributed by atoms with van der Waals surface area (Å²) in [4.78, 5) is 16.5. The minimum absolute atomic E-state index is 0.116. The van der Waals surface area contributed by atoms with Gasteiger partial charge in [-0.25, -0.2) is 0 Å². The lowest BCUT2D eigenvalue weighted by molar-refractivity contribution is -0.113. The summed E-state index contributed by atoms with van der Waals surface area (Å²) in [6, 6.07) is 14.7. The van der Waals surface area contributed by atoms with Gasteiger partial charge in [-0.05, 0) is 43.3 Å². The van der Waals surface area contributed by atoms with Gasteiger partial charge >= 0.3 is 0 Å². The quantitative estimate of drug-likeness (QED) is 0.838. The van der Waals surface area contributed by atoms with Gasteiger partial charge in [0.05, 0.1) is 5.75 Å². The number of halogens is 1. The molecule has 0 saturated heterocycles. The number of hydrogen-bond donors (Lipinski definition) is 1. The summed E-state index contributed by atoms with van der Waals surface area (Å²) >= 11 is 7.14. The van der Waals surface area contributed by atoms with Gasteiger partial charge in [-0.3, -0.25) is 9.80 Å². The third-order valence-corrected chi connectivity index (χ3v) is 4.65. The van der Waals surface area contributed by atoms with Crippen LogP contribution in [0.2, 0.25) is 5.02 Å². The number of benzene rings is 2. The van der Waals surface area contributed by atoms with E-state index in [4.69, 9.17) is 16.3 Å². The third-order valence-electron chi connectivity index (χ3n) is 3.56. The van der Waals surface area contributed by atoms with Crippen LogP contribution < -0.4 is 10.1 Å². The van der Waals surface area contributed by atoms with Gasteiger partial charge in [0.25, 0.3) is 0 Å². The normalized spacial score (nSPS) is 13.7. The molecule has 1 aliphatic rings. The van der Waals surface area contributed by atoms with Crippen LogP contribution in [0.15, 0.2) is 58.6 Å². The lowest BCUT2D eigenvalue weighted by atomic mass is 10.2. The third kappa shape index (κ3) is 6.01. The lowest BCUT2D eigenvalue weighted by Crippen LogP contribution is -2.31. The van der Waals surface area contributed by atoms with E-state index in [2.05, 4.69) is 15.4 Å². The minimum atomic E-state index is -0.116. The predicted molar refractivity (Wildman–Crippen MR) is 112 cm³/mol. The molecular formula is C19H19ClN4O2S. The van der Waals surface area contributed by atoms with Crippen LogP contribution in [0, 0.1) is 6.92 Å². The highest BCUT2D eigenvalue weighted by Crippen LogP contribution is 2.18. The highest BCUT2D eigenvalue weighted by Gasteiger charge is 2.16. The summed E-state index contributed by atoms with van der Waals surface area (Å²) < 4.78 is 5.78. The first-order chi connectivity index (χ1) is 13.0. The van der Waals surface area contributed by atoms with Gasteiger partial charge in [0.1, 0.15) is 12.3 Å². The summed E-state index contributed by atoms with van der Waals surface area (Å²) in [5.74, 6) is 1.25. The van der Waals surface area contributed by atoms with E-state index in [1.807, 2.05) is 38.2 Å². The molecule has 0 saturated carbocycles. The average molecular weight is 403 g/mol. The summed E-state index contributed by atoms with van der Waals surface area (Å²) in [6.07, 6.45) is 0. The molecule has 2 aromatic rings.